The Balaban J connectivity index is 2.36. The van der Waals surface area contributed by atoms with Gasteiger partial charge in [0.1, 0.15) is 0 Å². The van der Waals surface area contributed by atoms with Gasteiger partial charge >= 0.3 is 6.47 Å². The highest BCUT2D eigenvalue weighted by molar-refractivity contribution is 6.30. The second kappa shape index (κ2) is 6.22. The molecule has 0 aliphatic rings. The minimum Gasteiger partial charge on any atom is -0.457 e. The van der Waals surface area contributed by atoms with Gasteiger partial charge in [-0.05, 0) is 24.1 Å². The van der Waals surface area contributed by atoms with Gasteiger partial charge in [0.2, 0.25) is 0 Å². The lowest BCUT2D eigenvalue weighted by Gasteiger charge is -1.94. The lowest BCUT2D eigenvalue weighted by atomic mass is 10.2. The summed E-state index contributed by atoms with van der Waals surface area (Å²) in [6, 6.07) is 7.50. The van der Waals surface area contributed by atoms with Crippen molar-refractivity contribution in [2.24, 2.45) is 0 Å². The average molecular weight is 210 g/mol. The molecule has 0 saturated heterocycles. The molecule has 1 rings (SSSR count). The predicted molar refractivity (Wildman–Crippen MR) is 56.7 cm³/mol. The number of halogens is 1. The SMILES string of the molecule is O=[C]OCC/C=C/c1ccc(Cl)cc1. The largest absolute Gasteiger partial charge is 0.457 e. The van der Waals surface area contributed by atoms with Crippen molar-refractivity contribution in [3.05, 3.63) is 40.9 Å². The van der Waals surface area contributed by atoms with E-state index in [0.29, 0.717) is 13.0 Å². The van der Waals surface area contributed by atoms with Gasteiger partial charge in [-0.25, -0.2) is 4.79 Å². The van der Waals surface area contributed by atoms with Gasteiger partial charge in [0.15, 0.2) is 0 Å². The zero-order valence-electron chi connectivity index (χ0n) is 7.57. The Bertz CT molecular complexity index is 304. The van der Waals surface area contributed by atoms with E-state index >= 15 is 0 Å². The monoisotopic (exact) mass is 209 g/mol. The van der Waals surface area contributed by atoms with Crippen LogP contribution in [0.15, 0.2) is 30.3 Å². The van der Waals surface area contributed by atoms with Crippen molar-refractivity contribution in [1.29, 1.82) is 0 Å². The molecule has 1 radical (unpaired) electrons. The van der Waals surface area contributed by atoms with Crippen LogP contribution in [0.25, 0.3) is 6.08 Å². The summed E-state index contributed by atoms with van der Waals surface area (Å²) in [6.07, 6.45) is 4.57. The summed E-state index contributed by atoms with van der Waals surface area (Å²) in [5, 5.41) is 0.723. The standard InChI is InChI=1S/C11H10ClO2/c12-11-6-4-10(5-7-11)3-1-2-8-14-9-13/h1,3-7H,2,8H2/b3-1+. The molecule has 0 amide bonds. The first kappa shape index (κ1) is 10.8. The maximum Gasteiger partial charge on any atom is 0.417 e. The van der Waals surface area contributed by atoms with E-state index in [1.807, 2.05) is 36.4 Å². The quantitative estimate of drug-likeness (QED) is 0.697. The second-order valence-corrected chi connectivity index (χ2v) is 3.11. The molecule has 2 nitrogen and oxygen atoms in total. The highest BCUT2D eigenvalue weighted by Gasteiger charge is 1.87. The Kier molecular flexibility index (Phi) is 4.79. The molecule has 0 aromatic heterocycles. The molecule has 14 heavy (non-hydrogen) atoms. The van der Waals surface area contributed by atoms with Gasteiger partial charge in [0, 0.05) is 5.02 Å². The number of rotatable bonds is 5. The van der Waals surface area contributed by atoms with Crippen LogP contribution < -0.4 is 0 Å². The average Bonchev–Trinajstić information content (AvgIpc) is 2.21. The van der Waals surface area contributed by atoms with Crippen molar-refractivity contribution in [1.82, 2.24) is 0 Å². The normalized spacial score (nSPS) is 10.4. The summed E-state index contributed by atoms with van der Waals surface area (Å²) in [4.78, 5) is 9.69. The third-order valence-corrected chi connectivity index (χ3v) is 1.88. The van der Waals surface area contributed by atoms with Crippen molar-refractivity contribution in [3.63, 3.8) is 0 Å². The molecule has 0 aliphatic carbocycles. The number of hydrogen-bond acceptors (Lipinski definition) is 2. The fraction of sp³-hybridized carbons (Fsp3) is 0.182. The summed E-state index contributed by atoms with van der Waals surface area (Å²) in [5.41, 5.74) is 1.07. The van der Waals surface area contributed by atoms with E-state index in [0.717, 1.165) is 10.6 Å². The molecule has 3 heteroatoms. The van der Waals surface area contributed by atoms with Crippen LogP contribution >= 0.6 is 11.6 Å². The minimum atomic E-state index is 0.369. The molecule has 0 unspecified atom stereocenters. The molecular weight excluding hydrogens is 200 g/mol. The van der Waals surface area contributed by atoms with E-state index in [1.165, 1.54) is 6.47 Å². The second-order valence-electron chi connectivity index (χ2n) is 2.67. The fourth-order valence-electron chi connectivity index (χ4n) is 0.962. The third kappa shape index (κ3) is 4.10. The molecule has 1 aromatic rings. The van der Waals surface area contributed by atoms with Crippen LogP contribution in [0.5, 0.6) is 0 Å². The first-order valence-corrected chi connectivity index (χ1v) is 4.62. The molecule has 0 aliphatic heterocycles. The molecule has 0 fully saturated rings. The lowest BCUT2D eigenvalue weighted by molar-refractivity contribution is 0.284. The molecule has 73 valence electrons. The molecule has 0 heterocycles. The minimum absolute atomic E-state index is 0.369. The highest BCUT2D eigenvalue weighted by atomic mass is 35.5. The number of ether oxygens (including phenoxy) is 1. The van der Waals surface area contributed by atoms with E-state index in [2.05, 4.69) is 4.74 Å². The van der Waals surface area contributed by atoms with Crippen LogP contribution in [-0.4, -0.2) is 13.1 Å². The van der Waals surface area contributed by atoms with Crippen LogP contribution in [-0.2, 0) is 9.53 Å². The first-order chi connectivity index (χ1) is 6.83. The van der Waals surface area contributed by atoms with Crippen molar-refractivity contribution in [3.8, 4) is 0 Å². The van der Waals surface area contributed by atoms with Gasteiger partial charge in [-0.3, -0.25) is 0 Å². The summed E-state index contributed by atoms with van der Waals surface area (Å²) >= 11 is 5.73. The Hall–Kier alpha value is -1.28. The predicted octanol–water partition coefficient (Wildman–Crippen LogP) is 2.83. The molecule has 0 spiro atoms. The van der Waals surface area contributed by atoms with Crippen LogP contribution in [0.3, 0.4) is 0 Å². The maximum atomic E-state index is 9.69. The van der Waals surface area contributed by atoms with Crippen LogP contribution in [0, 0.1) is 0 Å². The highest BCUT2D eigenvalue weighted by Crippen LogP contribution is 2.10. The molecule has 0 bridgehead atoms. The van der Waals surface area contributed by atoms with Crippen molar-refractivity contribution < 1.29 is 9.53 Å². The van der Waals surface area contributed by atoms with E-state index in [4.69, 9.17) is 11.6 Å². The summed E-state index contributed by atoms with van der Waals surface area (Å²) in [7, 11) is 0. The van der Waals surface area contributed by atoms with E-state index < -0.39 is 0 Å². The van der Waals surface area contributed by atoms with Crippen LogP contribution in [0.4, 0.5) is 0 Å². The summed E-state index contributed by atoms with van der Waals surface area (Å²) in [5.74, 6) is 0. The Morgan fingerprint density at radius 1 is 1.36 bits per heavy atom. The van der Waals surface area contributed by atoms with Gasteiger partial charge in [0.25, 0.3) is 0 Å². The van der Waals surface area contributed by atoms with Gasteiger partial charge in [0.05, 0.1) is 6.61 Å². The lowest BCUT2D eigenvalue weighted by Crippen LogP contribution is -1.87. The van der Waals surface area contributed by atoms with Gasteiger partial charge < -0.3 is 4.74 Å². The van der Waals surface area contributed by atoms with Crippen molar-refractivity contribution >= 4 is 24.1 Å². The van der Waals surface area contributed by atoms with E-state index in [1.54, 1.807) is 0 Å². The fourth-order valence-corrected chi connectivity index (χ4v) is 1.09. The van der Waals surface area contributed by atoms with Gasteiger partial charge in [-0.15, -0.1) is 0 Å². The zero-order valence-corrected chi connectivity index (χ0v) is 8.33. The summed E-state index contributed by atoms with van der Waals surface area (Å²) in [6.45, 7) is 1.74. The first-order valence-electron chi connectivity index (χ1n) is 4.24. The van der Waals surface area contributed by atoms with E-state index in [-0.39, 0.29) is 0 Å². The smallest absolute Gasteiger partial charge is 0.417 e. The van der Waals surface area contributed by atoms with Crippen LogP contribution in [0.2, 0.25) is 5.02 Å². The number of benzene rings is 1. The Labute approximate surface area is 88.1 Å². The topological polar surface area (TPSA) is 26.3 Å². The summed E-state index contributed by atoms with van der Waals surface area (Å²) < 4.78 is 4.41. The van der Waals surface area contributed by atoms with Crippen molar-refractivity contribution in [2.75, 3.05) is 6.61 Å². The number of carbonyl (C=O) groups excluding carboxylic acids is 1. The third-order valence-electron chi connectivity index (χ3n) is 1.63. The zero-order chi connectivity index (χ0) is 10.2. The van der Waals surface area contributed by atoms with Gasteiger partial charge in [-0.1, -0.05) is 35.9 Å². The van der Waals surface area contributed by atoms with Crippen LogP contribution in [0.1, 0.15) is 12.0 Å². The maximum absolute atomic E-state index is 9.69. The molecule has 1 aromatic carbocycles. The molecule has 0 N–H and O–H groups in total. The number of hydrogen-bond donors (Lipinski definition) is 0. The Morgan fingerprint density at radius 3 is 2.71 bits per heavy atom. The molecule has 0 atom stereocenters. The molecule has 0 saturated carbocycles. The van der Waals surface area contributed by atoms with Crippen molar-refractivity contribution in [2.45, 2.75) is 6.42 Å². The van der Waals surface area contributed by atoms with Gasteiger partial charge in [-0.2, -0.15) is 0 Å². The Morgan fingerprint density at radius 2 is 2.07 bits per heavy atom. The van der Waals surface area contributed by atoms with E-state index in [9.17, 15) is 4.79 Å². The molecular formula is C11H10ClO2.